The Morgan fingerprint density at radius 2 is 2.08 bits per heavy atom. The van der Waals surface area contributed by atoms with Gasteiger partial charge in [0.2, 0.25) is 0 Å². The zero-order chi connectivity index (χ0) is 18.7. The van der Waals surface area contributed by atoms with Gasteiger partial charge in [-0.1, -0.05) is 37.3 Å². The van der Waals surface area contributed by atoms with Crippen LogP contribution in [0.4, 0.5) is 0 Å². The Bertz CT molecular complexity index is 881. The zero-order valence-corrected chi connectivity index (χ0v) is 15.9. The van der Waals surface area contributed by atoms with Crippen molar-refractivity contribution < 1.29 is 14.7 Å². The lowest BCUT2D eigenvalue weighted by atomic mass is 9.95. The third-order valence-electron chi connectivity index (χ3n) is 4.21. The van der Waals surface area contributed by atoms with Gasteiger partial charge in [0, 0.05) is 23.9 Å². The Morgan fingerprint density at radius 3 is 2.73 bits per heavy atom. The van der Waals surface area contributed by atoms with Crippen molar-refractivity contribution in [3.63, 3.8) is 0 Å². The highest BCUT2D eigenvalue weighted by molar-refractivity contribution is 9.12. The predicted molar refractivity (Wildman–Crippen MR) is 100 cm³/mol. The highest BCUT2D eigenvalue weighted by Crippen LogP contribution is 2.38. The average molecular weight is 415 g/mol. The molecule has 0 bridgehead atoms. The fourth-order valence-electron chi connectivity index (χ4n) is 2.88. The van der Waals surface area contributed by atoms with Gasteiger partial charge in [-0.05, 0) is 33.1 Å². The molecule has 2 atom stereocenters. The second-order valence-corrected chi connectivity index (χ2v) is 6.62. The largest absolute Gasteiger partial charge is 0.549 e. The number of nitrogens with one attached hydrogen (secondary N) is 1. The second-order valence-electron chi connectivity index (χ2n) is 5.83. The van der Waals surface area contributed by atoms with Gasteiger partial charge in [0.05, 0.1) is 29.0 Å². The highest BCUT2D eigenvalue weighted by atomic mass is 79.9. The van der Waals surface area contributed by atoms with E-state index in [4.69, 9.17) is 9.83 Å². The Hall–Kier alpha value is -2.51. The molecule has 134 valence electrons. The molecule has 1 aliphatic rings. The van der Waals surface area contributed by atoms with Crippen LogP contribution in [-0.4, -0.2) is 23.8 Å². The first-order valence-electron chi connectivity index (χ1n) is 8.01. The van der Waals surface area contributed by atoms with E-state index in [1.165, 1.54) is 7.11 Å². The van der Waals surface area contributed by atoms with Crippen LogP contribution in [0.2, 0.25) is 0 Å². The number of fused-ring (bicyclic) bond motifs is 1. The quantitative estimate of drug-likeness (QED) is 0.757. The summed E-state index contributed by atoms with van der Waals surface area (Å²) in [6.45, 7) is 1.55. The summed E-state index contributed by atoms with van der Waals surface area (Å²) in [6.07, 6.45) is 3.42. The lowest BCUT2D eigenvalue weighted by Crippen LogP contribution is -2.35. The number of hydroxylamine groups is 1. The van der Waals surface area contributed by atoms with Crippen molar-refractivity contribution in [2.24, 2.45) is 10.9 Å². The number of halogens is 1. The van der Waals surface area contributed by atoms with Crippen molar-refractivity contribution in [1.29, 1.82) is 0 Å². The van der Waals surface area contributed by atoms with Gasteiger partial charge in [-0.2, -0.15) is 0 Å². The van der Waals surface area contributed by atoms with Gasteiger partial charge in [0.15, 0.2) is 0 Å². The van der Waals surface area contributed by atoms with Crippen LogP contribution in [0.25, 0.3) is 5.70 Å². The number of carboxylic acids is 1. The zero-order valence-electron chi connectivity index (χ0n) is 14.3. The van der Waals surface area contributed by atoms with E-state index in [1.807, 2.05) is 36.4 Å². The van der Waals surface area contributed by atoms with Crippen LogP contribution < -0.4 is 10.6 Å². The molecule has 2 aromatic rings. The van der Waals surface area contributed by atoms with E-state index >= 15 is 0 Å². The Balaban J connectivity index is 2.29. The number of hydrogen-bond donors (Lipinski definition) is 1. The highest BCUT2D eigenvalue weighted by Gasteiger charge is 2.29. The molecule has 0 spiro atoms. The van der Waals surface area contributed by atoms with Crippen molar-refractivity contribution >= 4 is 33.3 Å². The van der Waals surface area contributed by atoms with Gasteiger partial charge >= 0.3 is 0 Å². The van der Waals surface area contributed by atoms with Gasteiger partial charge in [0.1, 0.15) is 6.04 Å². The number of carbonyl (C=O) groups is 1. The Morgan fingerprint density at radius 1 is 1.31 bits per heavy atom. The normalized spacial score (nSPS) is 17.8. The summed E-state index contributed by atoms with van der Waals surface area (Å²) in [5, 5.41) is 11.5. The van der Waals surface area contributed by atoms with E-state index in [-0.39, 0.29) is 0 Å². The minimum atomic E-state index is -1.20. The molecule has 0 saturated heterocycles. The second kappa shape index (κ2) is 7.80. The summed E-state index contributed by atoms with van der Waals surface area (Å²) in [7, 11) is 1.50. The first kappa shape index (κ1) is 18.3. The number of carboxylic acid groups (broad SMARTS) is 1. The number of rotatable bonds is 5. The summed E-state index contributed by atoms with van der Waals surface area (Å²) in [5.74, 6) is -2.11. The van der Waals surface area contributed by atoms with E-state index < -0.39 is 17.9 Å². The summed E-state index contributed by atoms with van der Waals surface area (Å²) < 4.78 is 0.523. The fraction of sp³-hybridized carbons (Fsp3) is 0.211. The van der Waals surface area contributed by atoms with Crippen LogP contribution in [0, 0.1) is 5.92 Å². The maximum absolute atomic E-state index is 11.5. The van der Waals surface area contributed by atoms with Crippen LogP contribution >= 0.6 is 15.9 Å². The number of allylic oxidation sites excluding steroid dienone is 1. The fourth-order valence-corrected chi connectivity index (χ4v) is 3.62. The number of aliphatic imine (C=N–C) groups is 1. The van der Waals surface area contributed by atoms with Crippen LogP contribution in [0.3, 0.4) is 0 Å². The lowest BCUT2D eigenvalue weighted by Gasteiger charge is -2.18. The molecule has 7 heteroatoms. The van der Waals surface area contributed by atoms with Gasteiger partial charge in [0.25, 0.3) is 0 Å². The molecule has 0 saturated carbocycles. The molecule has 0 aliphatic carbocycles. The predicted octanol–water partition coefficient (Wildman–Crippen LogP) is 2.23. The molecular weight excluding hydrogens is 398 g/mol. The van der Waals surface area contributed by atoms with Crippen LogP contribution in [0.15, 0.2) is 58.3 Å². The van der Waals surface area contributed by atoms with E-state index in [0.717, 1.165) is 16.7 Å². The SMILES string of the molecule is CONC1=C(Br)C([C@H](C)C(=O)[O-])=N[C@H](c2cccnc2)c2ccccc21. The molecule has 0 fully saturated rings. The number of benzene rings is 1. The maximum Gasteiger partial charge on any atom is 0.102 e. The van der Waals surface area contributed by atoms with E-state index in [1.54, 1.807) is 19.3 Å². The van der Waals surface area contributed by atoms with Gasteiger partial charge in [-0.15, -0.1) is 0 Å². The first-order valence-corrected chi connectivity index (χ1v) is 8.80. The van der Waals surface area contributed by atoms with Crippen molar-refractivity contribution in [3.8, 4) is 0 Å². The Kier molecular flexibility index (Phi) is 5.49. The third kappa shape index (κ3) is 3.40. The molecule has 1 aliphatic heterocycles. The minimum absolute atomic E-state index is 0.370. The van der Waals surface area contributed by atoms with Crippen molar-refractivity contribution in [3.05, 3.63) is 70.0 Å². The lowest BCUT2D eigenvalue weighted by molar-refractivity contribution is -0.308. The van der Waals surface area contributed by atoms with E-state index in [0.29, 0.717) is 15.9 Å². The molecule has 6 nitrogen and oxygen atoms in total. The molecule has 0 unspecified atom stereocenters. The first-order chi connectivity index (χ1) is 12.5. The Labute approximate surface area is 159 Å². The van der Waals surface area contributed by atoms with Crippen LogP contribution in [0.1, 0.15) is 29.7 Å². The van der Waals surface area contributed by atoms with Gasteiger partial charge < -0.3 is 9.90 Å². The summed E-state index contributed by atoms with van der Waals surface area (Å²) in [5.41, 5.74) is 6.47. The standard InChI is InChI=1S/C19H18BrN3O3/c1-11(19(24)25)16-15(20)18(23-26-2)14-8-4-3-7-13(14)17(22-16)12-6-5-9-21-10-12/h3-11,17,23H,1-2H3,(H,24,25)/p-1/t11-,17+/m0/s1. The van der Waals surface area contributed by atoms with E-state index in [9.17, 15) is 9.90 Å². The summed E-state index contributed by atoms with van der Waals surface area (Å²) >= 11 is 3.51. The van der Waals surface area contributed by atoms with Crippen LogP contribution in [-0.2, 0) is 9.63 Å². The van der Waals surface area contributed by atoms with Crippen LogP contribution in [0.5, 0.6) is 0 Å². The summed E-state index contributed by atoms with van der Waals surface area (Å²) in [4.78, 5) is 25.6. The topological polar surface area (TPSA) is 86.6 Å². The van der Waals surface area contributed by atoms with E-state index in [2.05, 4.69) is 26.4 Å². The van der Waals surface area contributed by atoms with Gasteiger partial charge in [-0.25, -0.2) is 0 Å². The molecule has 1 N–H and O–H groups in total. The van der Waals surface area contributed by atoms with Crippen molar-refractivity contribution in [2.45, 2.75) is 13.0 Å². The molecule has 26 heavy (non-hydrogen) atoms. The number of aliphatic carboxylic acids is 1. The molecular formula is C19H17BrN3O3-. The molecule has 0 radical (unpaired) electrons. The van der Waals surface area contributed by atoms with Crippen molar-refractivity contribution in [2.75, 3.05) is 7.11 Å². The smallest absolute Gasteiger partial charge is 0.102 e. The summed E-state index contributed by atoms with van der Waals surface area (Å²) in [6, 6.07) is 11.1. The maximum atomic E-state index is 11.5. The number of nitrogens with zero attached hydrogens (tertiary/aromatic N) is 2. The molecule has 1 aromatic heterocycles. The van der Waals surface area contributed by atoms with Gasteiger partial charge in [-0.3, -0.25) is 20.3 Å². The number of pyridine rings is 1. The minimum Gasteiger partial charge on any atom is -0.549 e. The number of aromatic nitrogens is 1. The molecule has 0 amide bonds. The molecule has 2 heterocycles. The average Bonchev–Trinajstić information content (AvgIpc) is 2.78. The number of carbonyl (C=O) groups excluding carboxylic acids is 1. The number of hydrogen-bond acceptors (Lipinski definition) is 6. The van der Waals surface area contributed by atoms with Crippen molar-refractivity contribution in [1.82, 2.24) is 10.5 Å². The monoisotopic (exact) mass is 414 g/mol. The molecule has 1 aromatic carbocycles. The third-order valence-corrected chi connectivity index (χ3v) is 5.01. The molecule has 3 rings (SSSR count).